The Morgan fingerprint density at radius 3 is 2.57 bits per heavy atom. The smallest absolute Gasteiger partial charge is 0.224 e. The van der Waals surface area contributed by atoms with Crippen molar-refractivity contribution in [3.63, 3.8) is 0 Å². The summed E-state index contributed by atoms with van der Waals surface area (Å²) in [6, 6.07) is 1.29. The summed E-state index contributed by atoms with van der Waals surface area (Å²) in [5.41, 5.74) is 0. The summed E-state index contributed by atoms with van der Waals surface area (Å²) >= 11 is 9.35. The Balaban J connectivity index is 1.52. The maximum absolute atomic E-state index is 5.87. The molecule has 0 unspecified atom stereocenters. The topological polar surface area (TPSA) is 41.1 Å². The average Bonchev–Trinajstić information content (AvgIpc) is 2.53. The highest BCUT2D eigenvalue weighted by molar-refractivity contribution is 9.10. The van der Waals surface area contributed by atoms with Crippen LogP contribution in [0.2, 0.25) is 5.28 Å². The Bertz CT molecular complexity index is 471. The van der Waals surface area contributed by atoms with Gasteiger partial charge in [0.1, 0.15) is 5.82 Å². The Hall–Kier alpha value is -0.390. The van der Waals surface area contributed by atoms with Gasteiger partial charge in [-0.3, -0.25) is 0 Å². The zero-order valence-corrected chi connectivity index (χ0v) is 14.5. The van der Waals surface area contributed by atoms with Crippen LogP contribution in [0.4, 0.5) is 5.82 Å². The predicted octanol–water partition coefficient (Wildman–Crippen LogP) is 4.10. The number of aromatic nitrogens is 2. The van der Waals surface area contributed by atoms with Gasteiger partial charge in [-0.25, -0.2) is 4.98 Å². The van der Waals surface area contributed by atoms with Crippen LogP contribution in [0.15, 0.2) is 10.7 Å². The lowest BCUT2D eigenvalue weighted by Crippen LogP contribution is -2.43. The quantitative estimate of drug-likeness (QED) is 0.810. The van der Waals surface area contributed by atoms with Gasteiger partial charge in [0.05, 0.1) is 4.47 Å². The minimum Gasteiger partial charge on any atom is -0.366 e. The molecule has 0 atom stereocenters. The normalized spacial score (nSPS) is 27.5. The Morgan fingerprint density at radius 1 is 1.14 bits per heavy atom. The summed E-state index contributed by atoms with van der Waals surface area (Å²) in [4.78, 5) is 10.9. The lowest BCUT2D eigenvalue weighted by atomic mass is 9.89. The van der Waals surface area contributed by atoms with E-state index in [0.29, 0.717) is 11.3 Å². The second-order valence-corrected chi connectivity index (χ2v) is 7.27. The molecule has 2 aliphatic rings. The van der Waals surface area contributed by atoms with Crippen LogP contribution in [-0.4, -0.2) is 40.0 Å². The molecule has 0 spiro atoms. The molecule has 4 nitrogen and oxygen atoms in total. The molecule has 2 heterocycles. The summed E-state index contributed by atoms with van der Waals surface area (Å²) in [6.07, 6.45) is 10.9. The first kappa shape index (κ1) is 15.5. The van der Waals surface area contributed by atoms with Crippen LogP contribution in [0.3, 0.4) is 0 Å². The number of halogens is 2. The third-order valence-corrected chi connectivity index (χ3v) is 5.42. The van der Waals surface area contributed by atoms with Crippen molar-refractivity contribution < 1.29 is 0 Å². The molecule has 1 aliphatic heterocycles. The standard InChI is InChI=1S/C15H22BrClN4/c16-13-10-18-15(17)20-14(13)19-11-4-6-12(7-5-11)21-8-2-1-3-9-21/h10-12H,1-9H2,(H,18,19,20). The molecule has 2 fully saturated rings. The van der Waals surface area contributed by atoms with E-state index in [9.17, 15) is 0 Å². The zero-order chi connectivity index (χ0) is 14.7. The highest BCUT2D eigenvalue weighted by Gasteiger charge is 2.27. The van der Waals surface area contributed by atoms with Crippen molar-refractivity contribution in [3.05, 3.63) is 16.0 Å². The molecule has 21 heavy (non-hydrogen) atoms. The molecule has 1 saturated heterocycles. The fourth-order valence-corrected chi connectivity index (χ4v) is 3.95. The van der Waals surface area contributed by atoms with Crippen LogP contribution in [0.25, 0.3) is 0 Å². The van der Waals surface area contributed by atoms with E-state index in [2.05, 4.69) is 36.1 Å². The van der Waals surface area contributed by atoms with Gasteiger partial charge in [0, 0.05) is 18.3 Å². The lowest BCUT2D eigenvalue weighted by Gasteiger charge is -2.39. The lowest BCUT2D eigenvalue weighted by molar-refractivity contribution is 0.127. The number of hydrogen-bond donors (Lipinski definition) is 1. The van der Waals surface area contributed by atoms with Gasteiger partial charge in [-0.1, -0.05) is 6.42 Å². The number of piperidine rings is 1. The second-order valence-electron chi connectivity index (χ2n) is 6.08. The maximum Gasteiger partial charge on any atom is 0.224 e. The monoisotopic (exact) mass is 372 g/mol. The van der Waals surface area contributed by atoms with Crippen molar-refractivity contribution in [2.75, 3.05) is 18.4 Å². The first-order chi connectivity index (χ1) is 10.2. The summed E-state index contributed by atoms with van der Waals surface area (Å²) in [7, 11) is 0. The van der Waals surface area contributed by atoms with Crippen LogP contribution in [0, 0.1) is 0 Å². The van der Waals surface area contributed by atoms with Crippen LogP contribution < -0.4 is 5.32 Å². The van der Waals surface area contributed by atoms with Crippen molar-refractivity contribution in [1.29, 1.82) is 0 Å². The molecule has 1 saturated carbocycles. The van der Waals surface area contributed by atoms with E-state index in [1.165, 1.54) is 58.0 Å². The first-order valence-corrected chi connectivity index (χ1v) is 9.08. The highest BCUT2D eigenvalue weighted by atomic mass is 79.9. The minimum absolute atomic E-state index is 0.294. The average molecular weight is 374 g/mol. The molecule has 3 rings (SSSR count). The fourth-order valence-electron chi connectivity index (χ4n) is 3.51. The molecular weight excluding hydrogens is 352 g/mol. The van der Waals surface area contributed by atoms with Gasteiger partial charge in [-0.2, -0.15) is 4.98 Å². The van der Waals surface area contributed by atoms with E-state index in [4.69, 9.17) is 11.6 Å². The summed E-state index contributed by atoms with van der Waals surface area (Å²) < 4.78 is 0.880. The molecule has 0 bridgehead atoms. The van der Waals surface area contributed by atoms with Crippen LogP contribution in [0.1, 0.15) is 44.9 Å². The fraction of sp³-hybridized carbons (Fsp3) is 0.733. The van der Waals surface area contributed by atoms with Crippen LogP contribution >= 0.6 is 27.5 Å². The third-order valence-electron chi connectivity index (χ3n) is 4.66. The Morgan fingerprint density at radius 2 is 1.86 bits per heavy atom. The van der Waals surface area contributed by atoms with Gasteiger partial charge >= 0.3 is 0 Å². The van der Waals surface area contributed by atoms with Gasteiger partial charge < -0.3 is 10.2 Å². The van der Waals surface area contributed by atoms with Crippen molar-refractivity contribution in [3.8, 4) is 0 Å². The molecule has 1 aliphatic carbocycles. The van der Waals surface area contributed by atoms with Crippen molar-refractivity contribution in [2.24, 2.45) is 0 Å². The first-order valence-electron chi connectivity index (χ1n) is 7.91. The molecule has 0 amide bonds. The van der Waals surface area contributed by atoms with Gasteiger partial charge in [-0.05, 0) is 79.1 Å². The summed E-state index contributed by atoms with van der Waals surface area (Å²) in [5, 5.41) is 3.81. The van der Waals surface area contributed by atoms with Crippen molar-refractivity contribution >= 4 is 33.3 Å². The number of rotatable bonds is 3. The van der Waals surface area contributed by atoms with E-state index in [1.54, 1.807) is 6.20 Å². The molecule has 6 heteroatoms. The molecule has 0 aromatic carbocycles. The highest BCUT2D eigenvalue weighted by Crippen LogP contribution is 2.29. The molecule has 116 valence electrons. The zero-order valence-electron chi connectivity index (χ0n) is 12.2. The number of likely N-dealkylation sites (tertiary alicyclic amines) is 1. The van der Waals surface area contributed by atoms with E-state index < -0.39 is 0 Å². The van der Waals surface area contributed by atoms with Gasteiger partial charge in [0.15, 0.2) is 0 Å². The summed E-state index contributed by atoms with van der Waals surface area (Å²) in [6.45, 7) is 2.60. The number of nitrogens with zero attached hydrogens (tertiary/aromatic N) is 3. The molecule has 1 aromatic rings. The Labute approximate surface area is 139 Å². The Kier molecular flexibility index (Phi) is 5.35. The molecular formula is C15H22BrClN4. The molecule has 1 aromatic heterocycles. The van der Waals surface area contributed by atoms with Gasteiger partial charge in [0.25, 0.3) is 0 Å². The SMILES string of the molecule is Clc1ncc(Br)c(NC2CCC(N3CCCCC3)CC2)n1. The predicted molar refractivity (Wildman–Crippen MR) is 89.8 cm³/mol. The largest absolute Gasteiger partial charge is 0.366 e. The maximum atomic E-state index is 5.87. The van der Waals surface area contributed by atoms with Crippen molar-refractivity contribution in [1.82, 2.24) is 14.9 Å². The third kappa shape index (κ3) is 4.08. The van der Waals surface area contributed by atoms with E-state index >= 15 is 0 Å². The van der Waals surface area contributed by atoms with E-state index in [0.717, 1.165) is 16.3 Å². The van der Waals surface area contributed by atoms with Crippen LogP contribution in [0.5, 0.6) is 0 Å². The summed E-state index contributed by atoms with van der Waals surface area (Å²) in [5.74, 6) is 0.816. The number of nitrogens with one attached hydrogen (secondary N) is 1. The van der Waals surface area contributed by atoms with E-state index in [1.807, 2.05) is 0 Å². The van der Waals surface area contributed by atoms with Gasteiger partial charge in [-0.15, -0.1) is 0 Å². The molecule has 0 radical (unpaired) electrons. The number of anilines is 1. The second kappa shape index (κ2) is 7.25. The number of hydrogen-bond acceptors (Lipinski definition) is 4. The minimum atomic E-state index is 0.294. The molecule has 1 N–H and O–H groups in total. The van der Waals surface area contributed by atoms with Crippen molar-refractivity contribution in [2.45, 2.75) is 57.0 Å². The van der Waals surface area contributed by atoms with Gasteiger partial charge in [0.2, 0.25) is 5.28 Å². The van der Waals surface area contributed by atoms with Crippen LogP contribution in [-0.2, 0) is 0 Å². The van der Waals surface area contributed by atoms with E-state index in [-0.39, 0.29) is 0 Å².